The Morgan fingerprint density at radius 1 is 1.29 bits per heavy atom. The van der Waals surface area contributed by atoms with Gasteiger partial charge in [-0.25, -0.2) is 9.48 Å². The van der Waals surface area contributed by atoms with Crippen LogP contribution < -0.4 is 10.6 Å². The van der Waals surface area contributed by atoms with E-state index in [0.29, 0.717) is 12.2 Å². The lowest BCUT2D eigenvalue weighted by molar-refractivity contribution is 0.162. The van der Waals surface area contributed by atoms with Gasteiger partial charge >= 0.3 is 6.03 Å². The number of amides is 2. The largest absolute Gasteiger partial charge is 0.391 e. The van der Waals surface area contributed by atoms with Gasteiger partial charge < -0.3 is 10.4 Å². The number of anilines is 1. The molecule has 3 N–H and O–H groups in total. The molecule has 1 atom stereocenters. The van der Waals surface area contributed by atoms with Crippen molar-refractivity contribution in [2.75, 3.05) is 11.9 Å². The maximum absolute atomic E-state index is 12.1. The lowest BCUT2D eigenvalue weighted by Crippen LogP contribution is -2.35. The molecule has 0 aliphatic rings. The van der Waals surface area contributed by atoms with E-state index >= 15 is 0 Å². The summed E-state index contributed by atoms with van der Waals surface area (Å²) in [6, 6.07) is 11.5. The standard InChI is InChI=1S/C18H26N4O2/c1-4-8-15(23)12-19-18(24)20-17-11-16(21-22(17)13(2)3)14-9-6-5-7-10-14/h5-7,9-11,13,15,23H,4,8,12H2,1-3H3,(H2,19,20,24). The summed E-state index contributed by atoms with van der Waals surface area (Å²) in [7, 11) is 0. The van der Waals surface area contributed by atoms with E-state index in [4.69, 9.17) is 0 Å². The van der Waals surface area contributed by atoms with Gasteiger partial charge in [-0.1, -0.05) is 43.7 Å². The molecular weight excluding hydrogens is 304 g/mol. The van der Waals surface area contributed by atoms with Crippen LogP contribution >= 0.6 is 0 Å². The number of aliphatic hydroxyl groups excluding tert-OH is 1. The molecule has 0 bridgehead atoms. The molecule has 0 saturated heterocycles. The van der Waals surface area contributed by atoms with Gasteiger partial charge in [-0.3, -0.25) is 5.32 Å². The number of hydrogen-bond donors (Lipinski definition) is 3. The molecule has 0 saturated carbocycles. The number of nitrogens with one attached hydrogen (secondary N) is 2. The van der Waals surface area contributed by atoms with Crippen LogP contribution in [0.25, 0.3) is 11.3 Å². The number of aromatic nitrogens is 2. The van der Waals surface area contributed by atoms with E-state index in [2.05, 4.69) is 15.7 Å². The fourth-order valence-electron chi connectivity index (χ4n) is 2.44. The Bertz CT molecular complexity index is 652. The van der Waals surface area contributed by atoms with E-state index in [9.17, 15) is 9.90 Å². The summed E-state index contributed by atoms with van der Waals surface area (Å²) < 4.78 is 1.78. The Kier molecular flexibility index (Phi) is 6.37. The minimum atomic E-state index is -0.518. The second-order valence-electron chi connectivity index (χ2n) is 6.10. The minimum absolute atomic E-state index is 0.114. The summed E-state index contributed by atoms with van der Waals surface area (Å²) in [6.45, 7) is 6.25. The second-order valence-corrected chi connectivity index (χ2v) is 6.10. The van der Waals surface area contributed by atoms with Gasteiger partial charge in [-0.2, -0.15) is 5.10 Å². The summed E-state index contributed by atoms with van der Waals surface area (Å²) in [6.07, 6.45) is 1.03. The highest BCUT2D eigenvalue weighted by Gasteiger charge is 2.14. The van der Waals surface area contributed by atoms with Gasteiger partial charge in [-0.05, 0) is 20.3 Å². The molecule has 24 heavy (non-hydrogen) atoms. The van der Waals surface area contributed by atoms with E-state index < -0.39 is 6.10 Å². The lowest BCUT2D eigenvalue weighted by atomic mass is 10.2. The number of carbonyl (C=O) groups is 1. The van der Waals surface area contributed by atoms with Crippen molar-refractivity contribution >= 4 is 11.8 Å². The molecule has 1 unspecified atom stereocenters. The third-order valence-corrected chi connectivity index (χ3v) is 3.66. The second kappa shape index (κ2) is 8.49. The zero-order valence-electron chi connectivity index (χ0n) is 14.5. The molecule has 2 aromatic rings. The average Bonchev–Trinajstić information content (AvgIpc) is 2.98. The molecule has 6 heteroatoms. The lowest BCUT2D eigenvalue weighted by Gasteiger charge is -2.14. The highest BCUT2D eigenvalue weighted by Crippen LogP contribution is 2.24. The summed E-state index contributed by atoms with van der Waals surface area (Å²) >= 11 is 0. The number of nitrogens with zero attached hydrogens (tertiary/aromatic N) is 2. The van der Waals surface area contributed by atoms with Crippen molar-refractivity contribution in [1.29, 1.82) is 0 Å². The fourth-order valence-corrected chi connectivity index (χ4v) is 2.44. The van der Waals surface area contributed by atoms with Gasteiger partial charge in [0.05, 0.1) is 11.8 Å². The summed E-state index contributed by atoms with van der Waals surface area (Å²) in [5.74, 6) is 0.631. The first-order valence-corrected chi connectivity index (χ1v) is 8.39. The first-order valence-electron chi connectivity index (χ1n) is 8.39. The number of benzene rings is 1. The molecule has 1 heterocycles. The molecule has 0 aliphatic heterocycles. The third kappa shape index (κ3) is 4.83. The molecule has 1 aromatic carbocycles. The molecule has 0 fully saturated rings. The SMILES string of the molecule is CCCC(O)CNC(=O)Nc1cc(-c2ccccc2)nn1C(C)C. The molecule has 1 aromatic heterocycles. The molecule has 6 nitrogen and oxygen atoms in total. The highest BCUT2D eigenvalue weighted by molar-refractivity contribution is 5.89. The van der Waals surface area contributed by atoms with E-state index in [1.165, 1.54) is 0 Å². The van der Waals surface area contributed by atoms with Crippen LogP contribution in [0, 0.1) is 0 Å². The average molecular weight is 330 g/mol. The number of hydrogen-bond acceptors (Lipinski definition) is 3. The first kappa shape index (κ1) is 18.0. The van der Waals surface area contributed by atoms with E-state index in [1.54, 1.807) is 4.68 Å². The van der Waals surface area contributed by atoms with Gasteiger partial charge in [0.2, 0.25) is 0 Å². The van der Waals surface area contributed by atoms with E-state index in [1.807, 2.05) is 57.2 Å². The third-order valence-electron chi connectivity index (χ3n) is 3.66. The van der Waals surface area contributed by atoms with Crippen LogP contribution in [0.2, 0.25) is 0 Å². The predicted molar refractivity (Wildman–Crippen MR) is 96.0 cm³/mol. The minimum Gasteiger partial charge on any atom is -0.391 e. The molecule has 0 aliphatic carbocycles. The van der Waals surface area contributed by atoms with Crippen molar-refractivity contribution < 1.29 is 9.90 Å². The zero-order chi connectivity index (χ0) is 17.5. The van der Waals surface area contributed by atoms with Crippen LogP contribution in [0.4, 0.5) is 10.6 Å². The Hall–Kier alpha value is -2.34. The van der Waals surface area contributed by atoms with Crippen LogP contribution in [-0.2, 0) is 0 Å². The molecule has 130 valence electrons. The molecule has 2 amide bonds. The van der Waals surface area contributed by atoms with Crippen molar-refractivity contribution in [2.24, 2.45) is 0 Å². The number of urea groups is 1. The van der Waals surface area contributed by atoms with Crippen LogP contribution in [-0.4, -0.2) is 33.6 Å². The maximum Gasteiger partial charge on any atom is 0.320 e. The Labute approximate surface area is 142 Å². The Balaban J connectivity index is 2.09. The van der Waals surface area contributed by atoms with Gasteiger partial charge in [0.25, 0.3) is 0 Å². The van der Waals surface area contributed by atoms with Crippen LogP contribution in [0.5, 0.6) is 0 Å². The quantitative estimate of drug-likeness (QED) is 0.728. The van der Waals surface area contributed by atoms with Crippen molar-refractivity contribution in [3.8, 4) is 11.3 Å². The van der Waals surface area contributed by atoms with E-state index in [0.717, 1.165) is 17.7 Å². The maximum atomic E-state index is 12.1. The predicted octanol–water partition coefficient (Wildman–Crippen LogP) is 3.41. The van der Waals surface area contributed by atoms with Crippen LogP contribution in [0.1, 0.15) is 39.7 Å². The first-order chi connectivity index (χ1) is 11.5. The summed E-state index contributed by atoms with van der Waals surface area (Å²) in [5.41, 5.74) is 1.81. The van der Waals surface area contributed by atoms with Crippen LogP contribution in [0.15, 0.2) is 36.4 Å². The molecule has 2 rings (SSSR count). The smallest absolute Gasteiger partial charge is 0.320 e. The molecule has 0 radical (unpaired) electrons. The van der Waals surface area contributed by atoms with Crippen molar-refractivity contribution in [3.63, 3.8) is 0 Å². The van der Waals surface area contributed by atoms with Gasteiger partial charge in [0.15, 0.2) is 0 Å². The molecular formula is C18H26N4O2. The highest BCUT2D eigenvalue weighted by atomic mass is 16.3. The number of carbonyl (C=O) groups excluding carboxylic acids is 1. The van der Waals surface area contributed by atoms with Gasteiger partial charge in [0, 0.05) is 24.2 Å². The summed E-state index contributed by atoms with van der Waals surface area (Å²) in [4.78, 5) is 12.1. The number of aliphatic hydroxyl groups is 1. The monoisotopic (exact) mass is 330 g/mol. The van der Waals surface area contributed by atoms with Crippen molar-refractivity contribution in [3.05, 3.63) is 36.4 Å². The topological polar surface area (TPSA) is 79.2 Å². The number of rotatable bonds is 7. The van der Waals surface area contributed by atoms with Crippen molar-refractivity contribution in [2.45, 2.75) is 45.8 Å². The van der Waals surface area contributed by atoms with Gasteiger partial charge in [-0.15, -0.1) is 0 Å². The fraction of sp³-hybridized carbons (Fsp3) is 0.444. The Morgan fingerprint density at radius 3 is 2.62 bits per heavy atom. The van der Waals surface area contributed by atoms with Crippen LogP contribution in [0.3, 0.4) is 0 Å². The zero-order valence-corrected chi connectivity index (χ0v) is 14.5. The normalized spacial score (nSPS) is 12.2. The Morgan fingerprint density at radius 2 is 2.00 bits per heavy atom. The van der Waals surface area contributed by atoms with Crippen molar-refractivity contribution in [1.82, 2.24) is 15.1 Å². The molecule has 0 spiro atoms. The van der Waals surface area contributed by atoms with Gasteiger partial charge in [0.1, 0.15) is 5.82 Å². The summed E-state index contributed by atoms with van der Waals surface area (Å²) in [5, 5.41) is 19.8. The van der Waals surface area contributed by atoms with E-state index in [-0.39, 0.29) is 18.6 Å².